The summed E-state index contributed by atoms with van der Waals surface area (Å²) in [6.45, 7) is 3.71. The minimum atomic E-state index is -1.10. The molecule has 0 aliphatic carbocycles. The molecular formula is C12H13ClN4O4. The van der Waals surface area contributed by atoms with Crippen LogP contribution in [0.4, 0.5) is 5.69 Å². The number of carbonyl (C=O) groups excluding carboxylic acids is 2. The van der Waals surface area contributed by atoms with Gasteiger partial charge in [0.15, 0.2) is 0 Å². The fourth-order valence-corrected chi connectivity index (χ4v) is 2.40. The molecule has 1 aromatic heterocycles. The normalized spacial score (nSPS) is 17.3. The summed E-state index contributed by atoms with van der Waals surface area (Å²) in [4.78, 5) is 39.7. The molecule has 0 aromatic carbocycles. The third-order valence-corrected chi connectivity index (χ3v) is 3.67. The Hall–Kier alpha value is -2.22. The number of hydrogen-bond donors (Lipinski definition) is 1. The van der Waals surface area contributed by atoms with Gasteiger partial charge in [-0.05, 0) is 19.9 Å². The average molecular weight is 313 g/mol. The van der Waals surface area contributed by atoms with Crippen molar-refractivity contribution in [3.05, 3.63) is 33.1 Å². The van der Waals surface area contributed by atoms with E-state index in [1.54, 1.807) is 13.8 Å². The number of nitro groups is 1. The monoisotopic (exact) mass is 312 g/mol. The van der Waals surface area contributed by atoms with Gasteiger partial charge < -0.3 is 10.2 Å². The van der Waals surface area contributed by atoms with Crippen molar-refractivity contribution in [2.45, 2.75) is 19.4 Å². The Bertz CT molecular complexity index is 632. The van der Waals surface area contributed by atoms with Crippen LogP contribution in [0.3, 0.4) is 0 Å². The highest BCUT2D eigenvalue weighted by atomic mass is 35.5. The van der Waals surface area contributed by atoms with E-state index in [0.717, 1.165) is 0 Å². The first kappa shape index (κ1) is 15.2. The Morgan fingerprint density at radius 2 is 2.24 bits per heavy atom. The third kappa shape index (κ3) is 2.54. The smallest absolute Gasteiger partial charge is 0.319 e. The number of rotatable bonds is 2. The SMILES string of the molecule is CC1(C)C(=O)NCCN1C(=O)c1ccnc(Cl)c1[N+](=O)[O-]. The van der Waals surface area contributed by atoms with Gasteiger partial charge >= 0.3 is 5.69 Å². The molecule has 2 amide bonds. The second kappa shape index (κ2) is 5.28. The van der Waals surface area contributed by atoms with E-state index in [-0.39, 0.29) is 23.2 Å². The lowest BCUT2D eigenvalue weighted by atomic mass is 9.97. The van der Waals surface area contributed by atoms with Crippen molar-refractivity contribution in [1.29, 1.82) is 0 Å². The first-order valence-corrected chi connectivity index (χ1v) is 6.53. The highest BCUT2D eigenvalue weighted by Gasteiger charge is 2.42. The molecule has 21 heavy (non-hydrogen) atoms. The molecule has 9 heteroatoms. The largest absolute Gasteiger partial charge is 0.352 e. The van der Waals surface area contributed by atoms with E-state index < -0.39 is 22.1 Å². The summed E-state index contributed by atoms with van der Waals surface area (Å²) in [6.07, 6.45) is 1.22. The zero-order chi connectivity index (χ0) is 15.8. The van der Waals surface area contributed by atoms with Crippen LogP contribution in [-0.4, -0.2) is 45.2 Å². The van der Waals surface area contributed by atoms with E-state index in [2.05, 4.69) is 10.3 Å². The fraction of sp³-hybridized carbons (Fsp3) is 0.417. The van der Waals surface area contributed by atoms with Crippen LogP contribution in [0.2, 0.25) is 5.15 Å². The van der Waals surface area contributed by atoms with Crippen LogP contribution in [0.15, 0.2) is 12.3 Å². The van der Waals surface area contributed by atoms with E-state index >= 15 is 0 Å². The molecule has 0 bridgehead atoms. The highest BCUT2D eigenvalue weighted by Crippen LogP contribution is 2.29. The molecule has 2 heterocycles. The van der Waals surface area contributed by atoms with Gasteiger partial charge in [-0.25, -0.2) is 4.98 Å². The van der Waals surface area contributed by atoms with Crippen LogP contribution in [0, 0.1) is 10.1 Å². The van der Waals surface area contributed by atoms with Gasteiger partial charge in [0.25, 0.3) is 5.91 Å². The number of amides is 2. The summed E-state index contributed by atoms with van der Waals surface area (Å²) in [5.41, 5.74) is -1.83. The van der Waals surface area contributed by atoms with Gasteiger partial charge in [0.2, 0.25) is 11.1 Å². The molecule has 1 aliphatic rings. The quantitative estimate of drug-likeness (QED) is 0.498. The molecule has 1 saturated heterocycles. The van der Waals surface area contributed by atoms with Crippen molar-refractivity contribution < 1.29 is 14.5 Å². The fourth-order valence-electron chi connectivity index (χ4n) is 2.18. The number of halogens is 1. The predicted octanol–water partition coefficient (Wildman–Crippen LogP) is 0.994. The first-order chi connectivity index (χ1) is 9.76. The van der Waals surface area contributed by atoms with E-state index in [1.165, 1.54) is 17.2 Å². The van der Waals surface area contributed by atoms with Gasteiger partial charge in [-0.2, -0.15) is 0 Å². The number of carbonyl (C=O) groups is 2. The van der Waals surface area contributed by atoms with Crippen LogP contribution < -0.4 is 5.32 Å². The van der Waals surface area contributed by atoms with Crippen LogP contribution in [0.5, 0.6) is 0 Å². The maximum Gasteiger partial charge on any atom is 0.319 e. The molecule has 112 valence electrons. The van der Waals surface area contributed by atoms with Gasteiger partial charge in [-0.1, -0.05) is 11.6 Å². The molecule has 8 nitrogen and oxygen atoms in total. The highest BCUT2D eigenvalue weighted by molar-refractivity contribution is 6.32. The Kier molecular flexibility index (Phi) is 3.82. The molecular weight excluding hydrogens is 300 g/mol. The summed E-state index contributed by atoms with van der Waals surface area (Å²) in [6, 6.07) is 1.23. The molecule has 1 aliphatic heterocycles. The van der Waals surface area contributed by atoms with Crippen molar-refractivity contribution in [2.24, 2.45) is 0 Å². The molecule has 1 fully saturated rings. The standard InChI is InChI=1S/C12H13ClN4O4/c1-12(2)11(19)15-5-6-16(12)10(18)7-3-4-14-9(13)8(7)17(20)21/h3-4H,5-6H2,1-2H3,(H,15,19). The van der Waals surface area contributed by atoms with Crippen LogP contribution in [-0.2, 0) is 4.79 Å². The molecule has 0 radical (unpaired) electrons. The first-order valence-electron chi connectivity index (χ1n) is 6.16. The molecule has 1 N–H and O–H groups in total. The number of pyridine rings is 1. The van der Waals surface area contributed by atoms with E-state index in [0.29, 0.717) is 6.54 Å². The number of aromatic nitrogens is 1. The maximum atomic E-state index is 12.6. The third-order valence-electron chi connectivity index (χ3n) is 3.39. The van der Waals surface area contributed by atoms with E-state index in [1.807, 2.05) is 0 Å². The second-order valence-corrected chi connectivity index (χ2v) is 5.38. The molecule has 0 unspecified atom stereocenters. The zero-order valence-electron chi connectivity index (χ0n) is 11.4. The zero-order valence-corrected chi connectivity index (χ0v) is 12.2. The Labute approximate surface area is 125 Å². The lowest BCUT2D eigenvalue weighted by Gasteiger charge is -2.41. The van der Waals surface area contributed by atoms with Crippen LogP contribution in [0.1, 0.15) is 24.2 Å². The van der Waals surface area contributed by atoms with Crippen LogP contribution >= 0.6 is 11.6 Å². The van der Waals surface area contributed by atoms with Gasteiger partial charge in [0.05, 0.1) is 4.92 Å². The van der Waals surface area contributed by atoms with E-state index in [4.69, 9.17) is 11.6 Å². The van der Waals surface area contributed by atoms with Crippen molar-refractivity contribution in [1.82, 2.24) is 15.2 Å². The minimum absolute atomic E-state index is 0.178. The lowest BCUT2D eigenvalue weighted by Crippen LogP contribution is -2.63. The minimum Gasteiger partial charge on any atom is -0.352 e. The summed E-state index contributed by atoms with van der Waals surface area (Å²) in [7, 11) is 0. The lowest BCUT2D eigenvalue weighted by molar-refractivity contribution is -0.385. The molecule has 0 atom stereocenters. The Balaban J connectivity index is 2.48. The van der Waals surface area contributed by atoms with Crippen molar-refractivity contribution in [3.63, 3.8) is 0 Å². The average Bonchev–Trinajstić information content (AvgIpc) is 2.40. The number of hydrogen-bond acceptors (Lipinski definition) is 5. The molecule has 2 rings (SSSR count). The number of nitrogens with one attached hydrogen (secondary N) is 1. The number of piperazine rings is 1. The second-order valence-electron chi connectivity index (χ2n) is 5.03. The maximum absolute atomic E-state index is 12.6. The van der Waals surface area contributed by atoms with Gasteiger partial charge in [-0.3, -0.25) is 19.7 Å². The topological polar surface area (TPSA) is 105 Å². The van der Waals surface area contributed by atoms with Gasteiger partial charge in [0.1, 0.15) is 11.1 Å². The Morgan fingerprint density at radius 1 is 1.57 bits per heavy atom. The van der Waals surface area contributed by atoms with Crippen LogP contribution in [0.25, 0.3) is 0 Å². The van der Waals surface area contributed by atoms with E-state index in [9.17, 15) is 19.7 Å². The molecule has 0 saturated carbocycles. The van der Waals surface area contributed by atoms with Gasteiger partial charge in [0, 0.05) is 19.3 Å². The summed E-state index contributed by atoms with van der Waals surface area (Å²) < 4.78 is 0. The predicted molar refractivity (Wildman–Crippen MR) is 74.0 cm³/mol. The van der Waals surface area contributed by atoms with Gasteiger partial charge in [-0.15, -0.1) is 0 Å². The molecule has 1 aromatic rings. The number of nitrogens with zero attached hydrogens (tertiary/aromatic N) is 3. The summed E-state index contributed by atoms with van der Waals surface area (Å²) >= 11 is 5.70. The summed E-state index contributed by atoms with van der Waals surface area (Å²) in [5.74, 6) is -0.934. The van der Waals surface area contributed by atoms with Crippen molar-refractivity contribution in [2.75, 3.05) is 13.1 Å². The van der Waals surface area contributed by atoms with Crippen molar-refractivity contribution >= 4 is 29.1 Å². The Morgan fingerprint density at radius 3 is 2.86 bits per heavy atom. The summed E-state index contributed by atoms with van der Waals surface area (Å²) in [5, 5.41) is 13.4. The molecule has 0 spiro atoms. The van der Waals surface area contributed by atoms with Crippen molar-refractivity contribution in [3.8, 4) is 0 Å².